The Hall–Kier alpha value is -2.93. The van der Waals surface area contributed by atoms with E-state index in [2.05, 4.69) is 0 Å². The van der Waals surface area contributed by atoms with Crippen LogP contribution in [0.15, 0.2) is 42.5 Å². The molecule has 0 N–H and O–H groups in total. The van der Waals surface area contributed by atoms with Crippen molar-refractivity contribution >= 4 is 17.6 Å². The summed E-state index contributed by atoms with van der Waals surface area (Å²) in [5.74, 6) is -0.417. The molecule has 1 heterocycles. The molecule has 1 aliphatic heterocycles. The number of benzene rings is 2. The van der Waals surface area contributed by atoms with Gasteiger partial charge in [-0.1, -0.05) is 32.9 Å². The molecule has 1 spiro atoms. The number of esters is 1. The van der Waals surface area contributed by atoms with E-state index >= 15 is 0 Å². The van der Waals surface area contributed by atoms with Crippen LogP contribution in [0.5, 0.6) is 5.75 Å². The molecule has 0 bridgehead atoms. The summed E-state index contributed by atoms with van der Waals surface area (Å²) in [5, 5.41) is 0. The highest BCUT2D eigenvalue weighted by atomic mass is 19.1. The van der Waals surface area contributed by atoms with Crippen LogP contribution in [0.25, 0.3) is 0 Å². The zero-order valence-electron chi connectivity index (χ0n) is 22.0. The lowest BCUT2D eigenvalue weighted by molar-refractivity contribution is -0.146. The zero-order valence-corrected chi connectivity index (χ0v) is 22.0. The van der Waals surface area contributed by atoms with Crippen LogP contribution in [0.3, 0.4) is 0 Å². The normalized spacial score (nSPS) is 25.7. The number of methoxy groups -OCH3 is 2. The van der Waals surface area contributed by atoms with E-state index in [1.54, 1.807) is 31.2 Å². The molecule has 1 saturated carbocycles. The summed E-state index contributed by atoms with van der Waals surface area (Å²) >= 11 is 0. The zero-order chi connectivity index (χ0) is 26.3. The third-order valence-corrected chi connectivity index (χ3v) is 7.73. The highest BCUT2D eigenvalue weighted by Gasteiger charge is 2.56. The number of amides is 1. The molecule has 36 heavy (non-hydrogen) atoms. The van der Waals surface area contributed by atoms with E-state index in [0.717, 1.165) is 22.6 Å². The lowest BCUT2D eigenvalue weighted by atomic mass is 9.76. The molecular formula is C29H36FNO5. The first-order valence-corrected chi connectivity index (χ1v) is 12.4. The topological polar surface area (TPSA) is 65.1 Å². The highest BCUT2D eigenvalue weighted by Crippen LogP contribution is 2.57. The van der Waals surface area contributed by atoms with Crippen molar-refractivity contribution in [1.82, 2.24) is 0 Å². The SMILES string of the molecule is COC(=O)C1CC[C@@]2(C[C@@H](c3cc(N(C)C(=O)C(C)(C)C)ccc3OC)CO2)[C@@H]1c1ccc(F)cc1. The molecule has 1 saturated heterocycles. The van der Waals surface area contributed by atoms with Gasteiger partial charge < -0.3 is 19.1 Å². The Labute approximate surface area is 212 Å². The molecule has 2 aromatic carbocycles. The number of nitrogens with zero attached hydrogens (tertiary/aromatic N) is 1. The second-order valence-corrected chi connectivity index (χ2v) is 11.0. The first-order chi connectivity index (χ1) is 17.0. The molecule has 2 aliphatic rings. The molecular weight excluding hydrogens is 461 g/mol. The van der Waals surface area contributed by atoms with Crippen molar-refractivity contribution in [1.29, 1.82) is 0 Å². The standard InChI is InChI=1S/C29H36FNO5/c1-28(2,3)27(33)31(4)21-11-12-24(34-5)23(15-21)19-16-29(36-17-19)14-13-22(26(32)35-6)25(29)18-7-9-20(30)10-8-18/h7-12,15,19,22,25H,13-14,16-17H2,1-6H3/t19-,22?,25-,29-/m1/s1. The number of anilines is 1. The van der Waals surface area contributed by atoms with E-state index in [0.29, 0.717) is 25.9 Å². The van der Waals surface area contributed by atoms with Gasteiger partial charge in [0.05, 0.1) is 32.3 Å². The van der Waals surface area contributed by atoms with Crippen LogP contribution in [-0.4, -0.2) is 45.4 Å². The molecule has 0 radical (unpaired) electrons. The van der Waals surface area contributed by atoms with Gasteiger partial charge in [-0.15, -0.1) is 0 Å². The monoisotopic (exact) mass is 497 g/mol. The molecule has 2 fully saturated rings. The fourth-order valence-electron chi connectivity index (χ4n) is 5.96. The summed E-state index contributed by atoms with van der Waals surface area (Å²) in [5.41, 5.74) is 1.56. The van der Waals surface area contributed by atoms with Crippen LogP contribution < -0.4 is 9.64 Å². The average molecular weight is 498 g/mol. The van der Waals surface area contributed by atoms with Crippen LogP contribution in [0.2, 0.25) is 0 Å². The Morgan fingerprint density at radius 2 is 1.81 bits per heavy atom. The summed E-state index contributed by atoms with van der Waals surface area (Å²) < 4.78 is 31.1. The van der Waals surface area contributed by atoms with Gasteiger partial charge in [0, 0.05) is 35.5 Å². The Balaban J connectivity index is 1.68. The largest absolute Gasteiger partial charge is 0.496 e. The van der Waals surface area contributed by atoms with Crippen LogP contribution >= 0.6 is 0 Å². The number of carbonyl (C=O) groups excluding carboxylic acids is 2. The number of rotatable bonds is 5. The van der Waals surface area contributed by atoms with Gasteiger partial charge in [-0.2, -0.15) is 0 Å². The van der Waals surface area contributed by atoms with Crippen molar-refractivity contribution < 1.29 is 28.2 Å². The van der Waals surface area contributed by atoms with E-state index in [9.17, 15) is 14.0 Å². The van der Waals surface area contributed by atoms with Crippen molar-refractivity contribution in [3.8, 4) is 5.75 Å². The summed E-state index contributed by atoms with van der Waals surface area (Å²) in [6, 6.07) is 12.1. The lowest BCUT2D eigenvalue weighted by Gasteiger charge is -2.33. The van der Waals surface area contributed by atoms with Gasteiger partial charge >= 0.3 is 5.97 Å². The van der Waals surface area contributed by atoms with Crippen molar-refractivity contribution in [2.24, 2.45) is 11.3 Å². The smallest absolute Gasteiger partial charge is 0.309 e. The first-order valence-electron chi connectivity index (χ1n) is 12.4. The quantitative estimate of drug-likeness (QED) is 0.514. The van der Waals surface area contributed by atoms with Crippen LogP contribution in [0.4, 0.5) is 10.1 Å². The summed E-state index contributed by atoms with van der Waals surface area (Å²) in [7, 11) is 4.83. The Morgan fingerprint density at radius 1 is 1.11 bits per heavy atom. The van der Waals surface area contributed by atoms with E-state index < -0.39 is 11.0 Å². The van der Waals surface area contributed by atoms with Crippen LogP contribution in [0.1, 0.15) is 63.0 Å². The van der Waals surface area contributed by atoms with Gasteiger partial charge in [0.2, 0.25) is 5.91 Å². The van der Waals surface area contributed by atoms with Crippen molar-refractivity contribution in [3.63, 3.8) is 0 Å². The molecule has 194 valence electrons. The lowest BCUT2D eigenvalue weighted by Crippen LogP contribution is -2.36. The predicted octanol–water partition coefficient (Wildman–Crippen LogP) is 5.45. The molecule has 1 amide bonds. The Morgan fingerprint density at radius 3 is 2.42 bits per heavy atom. The number of halogens is 1. The maximum absolute atomic E-state index is 13.7. The molecule has 2 aromatic rings. The van der Waals surface area contributed by atoms with Gasteiger partial charge in [0.25, 0.3) is 0 Å². The van der Waals surface area contributed by atoms with E-state index in [1.165, 1.54) is 19.2 Å². The van der Waals surface area contributed by atoms with E-state index in [1.807, 2.05) is 39.0 Å². The van der Waals surface area contributed by atoms with Crippen molar-refractivity contribution in [2.75, 3.05) is 32.8 Å². The van der Waals surface area contributed by atoms with Gasteiger partial charge in [0.15, 0.2) is 0 Å². The summed E-state index contributed by atoms with van der Waals surface area (Å²) in [6.45, 7) is 6.16. The number of ether oxygens (including phenoxy) is 3. The third-order valence-electron chi connectivity index (χ3n) is 7.73. The fraction of sp³-hybridized carbons (Fsp3) is 0.517. The summed E-state index contributed by atoms with van der Waals surface area (Å²) in [4.78, 5) is 27.3. The maximum atomic E-state index is 13.7. The first kappa shape index (κ1) is 26.1. The summed E-state index contributed by atoms with van der Waals surface area (Å²) in [6.07, 6.45) is 2.02. The highest BCUT2D eigenvalue weighted by molar-refractivity contribution is 5.96. The van der Waals surface area contributed by atoms with Crippen LogP contribution in [-0.2, 0) is 19.1 Å². The molecule has 1 aliphatic carbocycles. The van der Waals surface area contributed by atoms with Gasteiger partial charge in [0.1, 0.15) is 11.6 Å². The second kappa shape index (κ2) is 9.85. The number of hydrogen-bond donors (Lipinski definition) is 0. The Kier molecular flexibility index (Phi) is 7.15. The van der Waals surface area contributed by atoms with Crippen molar-refractivity contribution in [3.05, 3.63) is 59.4 Å². The van der Waals surface area contributed by atoms with E-state index in [4.69, 9.17) is 14.2 Å². The van der Waals surface area contributed by atoms with E-state index in [-0.39, 0.29) is 35.4 Å². The molecule has 4 atom stereocenters. The van der Waals surface area contributed by atoms with Gasteiger partial charge in [-0.25, -0.2) is 4.39 Å². The average Bonchev–Trinajstić information content (AvgIpc) is 3.46. The maximum Gasteiger partial charge on any atom is 0.309 e. The fourth-order valence-corrected chi connectivity index (χ4v) is 5.96. The predicted molar refractivity (Wildman–Crippen MR) is 136 cm³/mol. The van der Waals surface area contributed by atoms with Crippen LogP contribution in [0, 0.1) is 17.2 Å². The Bertz CT molecular complexity index is 1130. The van der Waals surface area contributed by atoms with Gasteiger partial charge in [-0.05, 0) is 55.2 Å². The molecule has 0 aromatic heterocycles. The minimum atomic E-state index is -0.574. The minimum absolute atomic E-state index is 0.0115. The second-order valence-electron chi connectivity index (χ2n) is 11.0. The molecule has 7 heteroatoms. The third kappa shape index (κ3) is 4.73. The minimum Gasteiger partial charge on any atom is -0.496 e. The number of hydrogen-bond acceptors (Lipinski definition) is 5. The molecule has 4 rings (SSSR count). The molecule has 6 nitrogen and oxygen atoms in total. The van der Waals surface area contributed by atoms with Gasteiger partial charge in [-0.3, -0.25) is 9.59 Å². The number of carbonyl (C=O) groups is 2. The van der Waals surface area contributed by atoms with Crippen molar-refractivity contribution in [2.45, 2.75) is 57.5 Å². The molecule has 1 unspecified atom stereocenters.